The minimum absolute atomic E-state index is 0.211. The number of pyridine rings is 1. The smallest absolute Gasteiger partial charge is 0.274 e. The summed E-state index contributed by atoms with van der Waals surface area (Å²) in [6, 6.07) is 3.51. The highest BCUT2D eigenvalue weighted by molar-refractivity contribution is 5.93. The molecule has 0 aliphatic carbocycles. The SMILES string of the molecule is C/C=C/c1ccc(C(=O)N(C)OC)cn1. The molecule has 0 bridgehead atoms. The highest BCUT2D eigenvalue weighted by Gasteiger charge is 2.10. The van der Waals surface area contributed by atoms with Crippen LogP contribution in [0.2, 0.25) is 0 Å². The van der Waals surface area contributed by atoms with E-state index in [1.165, 1.54) is 13.3 Å². The molecule has 1 amide bonds. The van der Waals surface area contributed by atoms with Gasteiger partial charge in [0.25, 0.3) is 5.91 Å². The van der Waals surface area contributed by atoms with Crippen molar-refractivity contribution in [3.63, 3.8) is 0 Å². The van der Waals surface area contributed by atoms with Gasteiger partial charge in [0.1, 0.15) is 0 Å². The van der Waals surface area contributed by atoms with Crippen LogP contribution < -0.4 is 0 Å². The molecule has 1 aromatic rings. The average molecular weight is 206 g/mol. The summed E-state index contributed by atoms with van der Waals surface area (Å²) in [5.74, 6) is -0.211. The molecule has 0 saturated carbocycles. The summed E-state index contributed by atoms with van der Waals surface area (Å²) in [7, 11) is 3.00. The number of hydrogen-bond donors (Lipinski definition) is 0. The van der Waals surface area contributed by atoms with Crippen molar-refractivity contribution in [3.8, 4) is 0 Å². The first-order valence-electron chi connectivity index (χ1n) is 4.60. The second-order valence-corrected chi connectivity index (χ2v) is 2.96. The maximum absolute atomic E-state index is 11.6. The Morgan fingerprint density at radius 2 is 2.27 bits per heavy atom. The number of rotatable bonds is 3. The van der Waals surface area contributed by atoms with Gasteiger partial charge in [-0.3, -0.25) is 14.6 Å². The first kappa shape index (κ1) is 11.4. The molecule has 0 atom stereocenters. The summed E-state index contributed by atoms with van der Waals surface area (Å²) in [6.45, 7) is 1.92. The van der Waals surface area contributed by atoms with Gasteiger partial charge >= 0.3 is 0 Å². The second kappa shape index (κ2) is 5.26. The zero-order valence-corrected chi connectivity index (χ0v) is 9.10. The Hall–Kier alpha value is -1.68. The number of aromatic nitrogens is 1. The summed E-state index contributed by atoms with van der Waals surface area (Å²) in [5.41, 5.74) is 1.33. The Balaban J connectivity index is 2.84. The molecule has 0 N–H and O–H groups in total. The van der Waals surface area contributed by atoms with Crippen LogP contribution in [0.1, 0.15) is 23.0 Å². The van der Waals surface area contributed by atoms with Crippen LogP contribution in [0.15, 0.2) is 24.4 Å². The van der Waals surface area contributed by atoms with Crippen LogP contribution in [0.5, 0.6) is 0 Å². The van der Waals surface area contributed by atoms with Gasteiger partial charge in [0.15, 0.2) is 0 Å². The number of amides is 1. The van der Waals surface area contributed by atoms with Crippen LogP contribution in [0.4, 0.5) is 0 Å². The number of allylic oxidation sites excluding steroid dienone is 1. The van der Waals surface area contributed by atoms with Crippen LogP contribution in [0.25, 0.3) is 6.08 Å². The minimum Gasteiger partial charge on any atom is -0.274 e. The number of carbonyl (C=O) groups excluding carboxylic acids is 1. The largest absolute Gasteiger partial charge is 0.278 e. The fourth-order valence-electron chi connectivity index (χ4n) is 1.07. The van der Waals surface area contributed by atoms with Crippen molar-refractivity contribution >= 4 is 12.0 Å². The first-order chi connectivity index (χ1) is 7.19. The van der Waals surface area contributed by atoms with Gasteiger partial charge < -0.3 is 0 Å². The molecule has 0 aliphatic heterocycles. The second-order valence-electron chi connectivity index (χ2n) is 2.96. The van der Waals surface area contributed by atoms with Crippen molar-refractivity contribution in [1.29, 1.82) is 0 Å². The Bertz CT molecular complexity index is 357. The molecular weight excluding hydrogens is 192 g/mol. The lowest BCUT2D eigenvalue weighted by Crippen LogP contribution is -2.25. The van der Waals surface area contributed by atoms with Crippen LogP contribution >= 0.6 is 0 Å². The highest BCUT2D eigenvalue weighted by atomic mass is 16.7. The van der Waals surface area contributed by atoms with E-state index in [0.29, 0.717) is 5.56 Å². The molecule has 0 aliphatic rings. The first-order valence-corrected chi connectivity index (χ1v) is 4.60. The lowest BCUT2D eigenvalue weighted by molar-refractivity contribution is -0.0757. The van der Waals surface area contributed by atoms with E-state index in [1.807, 2.05) is 19.1 Å². The van der Waals surface area contributed by atoms with E-state index in [9.17, 15) is 4.79 Å². The molecule has 15 heavy (non-hydrogen) atoms. The molecular formula is C11H14N2O2. The normalized spacial score (nSPS) is 10.6. The van der Waals surface area contributed by atoms with Gasteiger partial charge in [-0.05, 0) is 25.1 Å². The fraction of sp³-hybridized carbons (Fsp3) is 0.273. The van der Waals surface area contributed by atoms with Crippen LogP contribution in [-0.4, -0.2) is 30.1 Å². The number of nitrogens with zero attached hydrogens (tertiary/aromatic N) is 2. The van der Waals surface area contributed by atoms with E-state index < -0.39 is 0 Å². The van der Waals surface area contributed by atoms with Gasteiger partial charge in [-0.1, -0.05) is 6.08 Å². The predicted molar refractivity (Wildman–Crippen MR) is 58.0 cm³/mol. The minimum atomic E-state index is -0.211. The van der Waals surface area contributed by atoms with Crippen molar-refractivity contribution in [2.24, 2.45) is 0 Å². The average Bonchev–Trinajstić information content (AvgIpc) is 2.28. The third-order valence-electron chi connectivity index (χ3n) is 1.93. The van der Waals surface area contributed by atoms with Crippen molar-refractivity contribution in [2.75, 3.05) is 14.2 Å². The van der Waals surface area contributed by atoms with Gasteiger partial charge in [-0.2, -0.15) is 0 Å². The van der Waals surface area contributed by atoms with Gasteiger partial charge in [0.2, 0.25) is 0 Å². The van der Waals surface area contributed by atoms with Crippen molar-refractivity contribution in [1.82, 2.24) is 10.0 Å². The lowest BCUT2D eigenvalue weighted by Gasteiger charge is -2.12. The Morgan fingerprint density at radius 1 is 1.53 bits per heavy atom. The van der Waals surface area contributed by atoms with Crippen LogP contribution in [-0.2, 0) is 4.84 Å². The maximum Gasteiger partial charge on any atom is 0.278 e. The van der Waals surface area contributed by atoms with Gasteiger partial charge in [0, 0.05) is 13.2 Å². The summed E-state index contributed by atoms with van der Waals surface area (Å²) in [5, 5.41) is 1.16. The van der Waals surface area contributed by atoms with Crippen LogP contribution in [0, 0.1) is 0 Å². The Labute approximate surface area is 89.1 Å². The van der Waals surface area contributed by atoms with E-state index in [4.69, 9.17) is 4.84 Å². The van der Waals surface area contributed by atoms with Gasteiger partial charge in [0.05, 0.1) is 18.4 Å². The van der Waals surface area contributed by atoms with Gasteiger partial charge in [-0.15, -0.1) is 0 Å². The Morgan fingerprint density at radius 3 is 2.73 bits per heavy atom. The zero-order chi connectivity index (χ0) is 11.3. The summed E-state index contributed by atoms with van der Waals surface area (Å²) >= 11 is 0. The predicted octanol–water partition coefficient (Wildman–Crippen LogP) is 1.75. The molecule has 1 aromatic heterocycles. The van der Waals surface area contributed by atoms with E-state index in [-0.39, 0.29) is 5.91 Å². The lowest BCUT2D eigenvalue weighted by atomic mass is 10.2. The van der Waals surface area contributed by atoms with E-state index in [1.54, 1.807) is 19.2 Å². The molecule has 0 radical (unpaired) electrons. The molecule has 4 nitrogen and oxygen atoms in total. The zero-order valence-electron chi connectivity index (χ0n) is 9.10. The third-order valence-corrected chi connectivity index (χ3v) is 1.93. The topological polar surface area (TPSA) is 42.4 Å². The number of hydrogen-bond acceptors (Lipinski definition) is 3. The van der Waals surface area contributed by atoms with Gasteiger partial charge in [-0.25, -0.2) is 5.06 Å². The summed E-state index contributed by atoms with van der Waals surface area (Å²) in [6.07, 6.45) is 5.30. The summed E-state index contributed by atoms with van der Waals surface area (Å²) < 4.78 is 0. The highest BCUT2D eigenvalue weighted by Crippen LogP contribution is 2.05. The van der Waals surface area contributed by atoms with E-state index in [2.05, 4.69) is 4.98 Å². The standard InChI is InChI=1S/C11H14N2O2/c1-4-5-10-7-6-9(8-12-10)11(14)13(2)15-3/h4-8H,1-3H3/b5-4+. The number of carbonyl (C=O) groups is 1. The van der Waals surface area contributed by atoms with Crippen molar-refractivity contribution in [3.05, 3.63) is 35.7 Å². The molecule has 1 heterocycles. The van der Waals surface area contributed by atoms with Crippen molar-refractivity contribution < 1.29 is 9.63 Å². The molecule has 0 fully saturated rings. The molecule has 0 spiro atoms. The Kier molecular flexibility index (Phi) is 4.00. The summed E-state index contributed by atoms with van der Waals surface area (Å²) in [4.78, 5) is 20.5. The van der Waals surface area contributed by atoms with Crippen molar-refractivity contribution in [2.45, 2.75) is 6.92 Å². The number of hydroxylamine groups is 2. The molecule has 4 heteroatoms. The van der Waals surface area contributed by atoms with Crippen LogP contribution in [0.3, 0.4) is 0 Å². The quantitative estimate of drug-likeness (QED) is 0.707. The third kappa shape index (κ3) is 2.89. The monoisotopic (exact) mass is 206 g/mol. The fourth-order valence-corrected chi connectivity index (χ4v) is 1.07. The molecule has 0 aromatic carbocycles. The molecule has 1 rings (SSSR count). The molecule has 80 valence electrons. The van der Waals surface area contributed by atoms with E-state index in [0.717, 1.165) is 10.8 Å². The van der Waals surface area contributed by atoms with E-state index >= 15 is 0 Å². The molecule has 0 saturated heterocycles. The molecule has 0 unspecified atom stereocenters. The maximum atomic E-state index is 11.6.